The lowest BCUT2D eigenvalue weighted by Gasteiger charge is -2.34. The van der Waals surface area contributed by atoms with Crippen molar-refractivity contribution in [1.29, 1.82) is 0 Å². The Balaban J connectivity index is 0.000000499. The molecule has 3 aliphatic heterocycles. The van der Waals surface area contributed by atoms with Gasteiger partial charge in [0, 0.05) is 65.1 Å². The molecular weight excluding hydrogens is 863 g/mol. The lowest BCUT2D eigenvalue weighted by Crippen LogP contribution is -2.57. The number of halogens is 7. The van der Waals surface area contributed by atoms with Gasteiger partial charge in [0.05, 0.1) is 19.3 Å². The first-order valence-corrected chi connectivity index (χ1v) is 22.9. The van der Waals surface area contributed by atoms with Crippen LogP contribution in [0.2, 0.25) is 0 Å². The standard InChI is InChI=1S/C18H35NO3.C15H20F7NO4.C11H21NO3/c1-2-3-4-5-6-7-8-9-10-11-18(20)22-17-14-19-12-15-21-16-13-19;1-4-12(2,3)27-11(25)23-7-5-9(6-8-23)26-10(24)13(16,17)14(18,19)15(20,21)22;1-4-11(2,3)15-10(14)12-7-5-9(13)6-8-12/h2-17H2,1H3;9H,4-8H2,1-3H3;9,13H,4-8H2,1-3H3. The minimum atomic E-state index is -6.62. The van der Waals surface area contributed by atoms with Crippen molar-refractivity contribution in [2.45, 2.75) is 193 Å². The maximum absolute atomic E-state index is 13.2. The van der Waals surface area contributed by atoms with Crippen molar-refractivity contribution in [1.82, 2.24) is 14.7 Å². The van der Waals surface area contributed by atoms with Crippen LogP contribution in [0.1, 0.15) is 151 Å². The molecule has 376 valence electrons. The van der Waals surface area contributed by atoms with E-state index in [0.29, 0.717) is 45.4 Å². The Kier molecular flexibility index (Phi) is 26.5. The highest BCUT2D eigenvalue weighted by Crippen LogP contribution is 2.47. The van der Waals surface area contributed by atoms with Gasteiger partial charge in [-0.25, -0.2) is 14.4 Å². The van der Waals surface area contributed by atoms with Crippen molar-refractivity contribution in [3.05, 3.63) is 0 Å². The second kappa shape index (κ2) is 28.8. The molecule has 0 aromatic heterocycles. The van der Waals surface area contributed by atoms with Crippen molar-refractivity contribution in [3.63, 3.8) is 0 Å². The predicted molar refractivity (Wildman–Crippen MR) is 225 cm³/mol. The van der Waals surface area contributed by atoms with Gasteiger partial charge in [-0.3, -0.25) is 9.69 Å². The molecule has 0 radical (unpaired) electrons. The number of carbonyl (C=O) groups excluding carboxylic acids is 4. The van der Waals surface area contributed by atoms with Crippen molar-refractivity contribution >= 4 is 24.1 Å². The number of nitrogens with zero attached hydrogens (tertiary/aromatic N) is 3. The first-order valence-electron chi connectivity index (χ1n) is 22.9. The number of likely N-dealkylation sites (tertiary alicyclic amines) is 2. The van der Waals surface area contributed by atoms with Gasteiger partial charge in [0.2, 0.25) is 0 Å². The predicted octanol–water partition coefficient (Wildman–Crippen LogP) is 9.70. The number of hydrogen-bond acceptors (Lipinski definition) is 11. The topological polar surface area (TPSA) is 144 Å². The van der Waals surface area contributed by atoms with Gasteiger partial charge in [-0.05, 0) is 59.8 Å². The molecule has 2 amide bonds. The molecule has 64 heavy (non-hydrogen) atoms. The number of esters is 2. The highest BCUT2D eigenvalue weighted by molar-refractivity contribution is 5.79. The molecule has 0 unspecified atom stereocenters. The quantitative estimate of drug-likeness (QED) is 0.0539. The summed E-state index contributed by atoms with van der Waals surface area (Å²) in [5, 5.41) is 9.31. The third-order valence-electron chi connectivity index (χ3n) is 11.4. The molecule has 0 bridgehead atoms. The molecule has 3 fully saturated rings. The maximum atomic E-state index is 13.2. The fraction of sp³-hybridized carbons (Fsp3) is 0.909. The molecule has 0 atom stereocenters. The van der Waals surface area contributed by atoms with E-state index in [4.69, 9.17) is 18.9 Å². The SMILES string of the molecule is CCC(C)(C)OC(=O)N1CCC(O)CC1.CCC(C)(C)OC(=O)N1CCC(OC(=O)C(F)(F)C(F)(F)C(F)(F)F)CC1.CCCCCCCCCCCC(=O)OCCN1CCOCC1. The number of ether oxygens (including phenoxy) is 5. The van der Waals surface area contributed by atoms with Crippen LogP contribution in [0.25, 0.3) is 0 Å². The van der Waals surface area contributed by atoms with E-state index in [1.807, 2.05) is 20.8 Å². The average Bonchev–Trinajstić information content (AvgIpc) is 3.23. The van der Waals surface area contributed by atoms with Gasteiger partial charge in [-0.15, -0.1) is 0 Å². The zero-order chi connectivity index (χ0) is 48.6. The van der Waals surface area contributed by atoms with E-state index in [0.717, 1.165) is 52.1 Å². The number of hydrogen-bond donors (Lipinski definition) is 1. The largest absolute Gasteiger partial charge is 0.464 e. The average molecular weight is 940 g/mol. The summed E-state index contributed by atoms with van der Waals surface area (Å²) in [7, 11) is 0. The zero-order valence-corrected chi connectivity index (χ0v) is 39.1. The number of rotatable bonds is 20. The summed E-state index contributed by atoms with van der Waals surface area (Å²) in [6.45, 7) is 19.0. The first-order chi connectivity index (χ1) is 29.8. The van der Waals surface area contributed by atoms with Gasteiger partial charge >= 0.3 is 42.1 Å². The number of morpholine rings is 1. The molecule has 3 heterocycles. The minimum absolute atomic E-state index is 0.0313. The van der Waals surface area contributed by atoms with Crippen LogP contribution in [-0.2, 0) is 33.3 Å². The molecule has 1 N–H and O–H groups in total. The van der Waals surface area contributed by atoms with Gasteiger partial charge in [-0.1, -0.05) is 72.1 Å². The summed E-state index contributed by atoms with van der Waals surface area (Å²) < 4.78 is 114. The smallest absolute Gasteiger partial charge is 0.460 e. The highest BCUT2D eigenvalue weighted by Gasteiger charge is 2.77. The van der Waals surface area contributed by atoms with E-state index in [-0.39, 0.29) is 44.1 Å². The summed E-state index contributed by atoms with van der Waals surface area (Å²) in [6.07, 6.45) is 5.15. The molecule has 0 spiro atoms. The fourth-order valence-corrected chi connectivity index (χ4v) is 6.25. The summed E-state index contributed by atoms with van der Waals surface area (Å²) in [4.78, 5) is 51.6. The molecule has 3 saturated heterocycles. The van der Waals surface area contributed by atoms with Crippen LogP contribution in [0.3, 0.4) is 0 Å². The Morgan fingerprint density at radius 3 is 1.52 bits per heavy atom. The Morgan fingerprint density at radius 2 is 1.08 bits per heavy atom. The summed E-state index contributed by atoms with van der Waals surface area (Å²) >= 11 is 0. The van der Waals surface area contributed by atoms with E-state index in [1.165, 1.54) is 49.8 Å². The second-order valence-electron chi connectivity index (χ2n) is 17.7. The van der Waals surface area contributed by atoms with Crippen LogP contribution in [0, 0.1) is 0 Å². The van der Waals surface area contributed by atoms with Crippen LogP contribution >= 0.6 is 0 Å². The molecule has 13 nitrogen and oxygen atoms in total. The Labute approximate surface area is 375 Å². The molecule has 3 aliphatic rings. The molecule has 0 saturated carbocycles. The zero-order valence-electron chi connectivity index (χ0n) is 39.1. The third-order valence-corrected chi connectivity index (χ3v) is 11.4. The number of aliphatic hydroxyl groups excluding tert-OH is 1. The van der Waals surface area contributed by atoms with E-state index in [1.54, 1.807) is 25.7 Å². The maximum Gasteiger partial charge on any atom is 0.460 e. The van der Waals surface area contributed by atoms with Crippen LogP contribution in [0.15, 0.2) is 0 Å². The van der Waals surface area contributed by atoms with E-state index >= 15 is 0 Å². The Hall–Kier alpha value is -3.13. The lowest BCUT2D eigenvalue weighted by atomic mass is 10.1. The minimum Gasteiger partial charge on any atom is -0.464 e. The number of unbranched alkanes of at least 4 members (excludes halogenated alkanes) is 8. The molecule has 0 aromatic rings. The summed E-state index contributed by atoms with van der Waals surface area (Å²) in [6, 6.07) is 0. The number of amides is 2. The van der Waals surface area contributed by atoms with Crippen molar-refractivity contribution < 1.29 is 78.7 Å². The van der Waals surface area contributed by atoms with Gasteiger partial charge < -0.3 is 38.6 Å². The molecule has 20 heteroatoms. The monoisotopic (exact) mass is 940 g/mol. The number of aliphatic hydroxyl groups is 1. The van der Waals surface area contributed by atoms with E-state index in [9.17, 15) is 55.0 Å². The van der Waals surface area contributed by atoms with Crippen molar-refractivity contribution in [3.8, 4) is 0 Å². The van der Waals surface area contributed by atoms with Crippen LogP contribution in [-0.4, -0.2) is 151 Å². The molecule has 0 aromatic carbocycles. The second-order valence-corrected chi connectivity index (χ2v) is 17.7. The Morgan fingerprint density at radius 1 is 0.641 bits per heavy atom. The number of piperidine rings is 2. The molecule has 0 aliphatic carbocycles. The van der Waals surface area contributed by atoms with Gasteiger partial charge in [0.1, 0.15) is 23.9 Å². The van der Waals surface area contributed by atoms with Crippen LogP contribution < -0.4 is 0 Å². The fourth-order valence-electron chi connectivity index (χ4n) is 6.25. The number of carbonyl (C=O) groups is 4. The highest BCUT2D eigenvalue weighted by atomic mass is 19.4. The number of alkyl halides is 7. The normalized spacial score (nSPS) is 17.4. The summed E-state index contributed by atoms with van der Waals surface area (Å²) in [5.74, 6) is -15.6. The van der Waals surface area contributed by atoms with E-state index in [2.05, 4.69) is 16.6 Å². The van der Waals surface area contributed by atoms with Crippen molar-refractivity contribution in [2.75, 3.05) is 65.6 Å². The van der Waals surface area contributed by atoms with Crippen molar-refractivity contribution in [2.24, 2.45) is 0 Å². The van der Waals surface area contributed by atoms with Crippen LogP contribution in [0.4, 0.5) is 40.3 Å². The van der Waals surface area contributed by atoms with Crippen LogP contribution in [0.5, 0.6) is 0 Å². The first kappa shape index (κ1) is 58.9. The van der Waals surface area contributed by atoms with Gasteiger partial charge in [-0.2, -0.15) is 30.7 Å². The molecular formula is C44H76F7N3O10. The third kappa shape index (κ3) is 22.4. The Bertz CT molecular complexity index is 1350. The van der Waals surface area contributed by atoms with E-state index < -0.39 is 47.4 Å². The summed E-state index contributed by atoms with van der Waals surface area (Å²) in [5.41, 5.74) is -1.14. The van der Waals surface area contributed by atoms with Gasteiger partial charge in [0.25, 0.3) is 0 Å². The molecule has 3 rings (SSSR count). The lowest BCUT2D eigenvalue weighted by molar-refractivity contribution is -0.349. The van der Waals surface area contributed by atoms with Gasteiger partial charge in [0.15, 0.2) is 0 Å².